The SMILES string of the molecule is CCOc1ccc(N2C(=O)NC(=O)/C(=C\c3cc(Cl)ccc3Cc3ccccc3Cl)C2=O)cc1. The second-order valence-electron chi connectivity index (χ2n) is 7.50. The molecule has 4 rings (SSSR count). The van der Waals surface area contributed by atoms with Crippen LogP contribution in [0.4, 0.5) is 10.5 Å². The number of hydrogen-bond acceptors (Lipinski definition) is 4. The number of nitrogens with zero attached hydrogens (tertiary/aromatic N) is 1. The summed E-state index contributed by atoms with van der Waals surface area (Å²) in [6.45, 7) is 2.34. The number of hydrogen-bond donors (Lipinski definition) is 1. The summed E-state index contributed by atoms with van der Waals surface area (Å²) in [5.41, 5.74) is 2.40. The molecule has 1 aliphatic rings. The van der Waals surface area contributed by atoms with Crippen molar-refractivity contribution >= 4 is 52.8 Å². The first kappa shape index (κ1) is 23.5. The third-order valence-electron chi connectivity index (χ3n) is 5.25. The number of benzene rings is 3. The predicted molar refractivity (Wildman–Crippen MR) is 132 cm³/mol. The molecule has 0 saturated carbocycles. The van der Waals surface area contributed by atoms with Crippen LogP contribution in [0.25, 0.3) is 6.08 Å². The van der Waals surface area contributed by atoms with Gasteiger partial charge in [0, 0.05) is 10.0 Å². The van der Waals surface area contributed by atoms with Gasteiger partial charge in [0.1, 0.15) is 11.3 Å². The second-order valence-corrected chi connectivity index (χ2v) is 8.34. The molecule has 0 aliphatic carbocycles. The van der Waals surface area contributed by atoms with Gasteiger partial charge in [-0.3, -0.25) is 14.9 Å². The van der Waals surface area contributed by atoms with E-state index in [1.807, 2.05) is 31.2 Å². The minimum Gasteiger partial charge on any atom is -0.494 e. The largest absolute Gasteiger partial charge is 0.494 e. The van der Waals surface area contributed by atoms with Gasteiger partial charge in [-0.15, -0.1) is 0 Å². The summed E-state index contributed by atoms with van der Waals surface area (Å²) >= 11 is 12.5. The third kappa shape index (κ3) is 4.98. The lowest BCUT2D eigenvalue weighted by Crippen LogP contribution is -2.54. The van der Waals surface area contributed by atoms with Gasteiger partial charge in [-0.25, -0.2) is 9.69 Å². The highest BCUT2D eigenvalue weighted by Gasteiger charge is 2.37. The summed E-state index contributed by atoms with van der Waals surface area (Å²) in [6.07, 6.45) is 1.91. The standard InChI is InChI=1S/C26H20Cl2N2O4/c1-2-34-21-11-9-20(10-12-21)30-25(32)22(24(31)29-26(30)33)15-18-14-19(27)8-7-16(18)13-17-5-3-4-6-23(17)28/h3-12,14-15H,2,13H2,1H3,(H,29,31,33)/b22-15+. The van der Waals surface area contributed by atoms with Crippen LogP contribution in [0.2, 0.25) is 10.0 Å². The van der Waals surface area contributed by atoms with Gasteiger partial charge < -0.3 is 4.74 Å². The predicted octanol–water partition coefficient (Wildman–Crippen LogP) is 5.65. The number of rotatable bonds is 6. The van der Waals surface area contributed by atoms with E-state index in [2.05, 4.69) is 5.32 Å². The van der Waals surface area contributed by atoms with Crippen LogP contribution >= 0.6 is 23.2 Å². The van der Waals surface area contributed by atoms with Crippen molar-refractivity contribution in [3.63, 3.8) is 0 Å². The minimum absolute atomic E-state index is 0.184. The number of barbiturate groups is 1. The Kier molecular flexibility index (Phi) is 7.01. The lowest BCUT2D eigenvalue weighted by Gasteiger charge is -2.26. The van der Waals surface area contributed by atoms with Crippen molar-refractivity contribution in [2.75, 3.05) is 11.5 Å². The molecule has 4 amide bonds. The molecule has 0 radical (unpaired) electrons. The van der Waals surface area contributed by atoms with Crippen molar-refractivity contribution in [1.29, 1.82) is 0 Å². The molecule has 1 fully saturated rings. The van der Waals surface area contributed by atoms with E-state index in [0.717, 1.165) is 16.0 Å². The zero-order valence-corrected chi connectivity index (χ0v) is 19.7. The number of ether oxygens (including phenoxy) is 1. The van der Waals surface area contributed by atoms with Crippen molar-refractivity contribution < 1.29 is 19.1 Å². The number of carbonyl (C=O) groups excluding carboxylic acids is 3. The number of urea groups is 1. The first-order valence-electron chi connectivity index (χ1n) is 10.5. The fourth-order valence-electron chi connectivity index (χ4n) is 3.61. The normalized spacial score (nSPS) is 15.0. The van der Waals surface area contributed by atoms with E-state index in [0.29, 0.717) is 40.1 Å². The quantitative estimate of drug-likeness (QED) is 0.354. The average molecular weight is 495 g/mol. The molecule has 0 atom stereocenters. The zero-order valence-electron chi connectivity index (χ0n) is 18.2. The van der Waals surface area contributed by atoms with Crippen LogP contribution in [0.15, 0.2) is 72.3 Å². The Morgan fingerprint density at radius 3 is 2.38 bits per heavy atom. The van der Waals surface area contributed by atoms with Crippen LogP contribution in [0.1, 0.15) is 23.6 Å². The highest BCUT2D eigenvalue weighted by atomic mass is 35.5. The van der Waals surface area contributed by atoms with Crippen molar-refractivity contribution in [1.82, 2.24) is 5.32 Å². The number of carbonyl (C=O) groups is 3. The number of imide groups is 2. The molecule has 1 saturated heterocycles. The Balaban J connectivity index is 1.71. The van der Waals surface area contributed by atoms with E-state index >= 15 is 0 Å². The first-order valence-corrected chi connectivity index (χ1v) is 11.3. The second kappa shape index (κ2) is 10.1. The molecule has 172 valence electrons. The first-order chi connectivity index (χ1) is 16.4. The monoisotopic (exact) mass is 494 g/mol. The van der Waals surface area contributed by atoms with E-state index in [-0.39, 0.29) is 5.57 Å². The van der Waals surface area contributed by atoms with Gasteiger partial charge in [-0.1, -0.05) is 47.5 Å². The molecule has 8 heteroatoms. The third-order valence-corrected chi connectivity index (χ3v) is 5.86. The highest BCUT2D eigenvalue weighted by Crippen LogP contribution is 2.28. The summed E-state index contributed by atoms with van der Waals surface area (Å²) in [7, 11) is 0. The summed E-state index contributed by atoms with van der Waals surface area (Å²) < 4.78 is 5.41. The van der Waals surface area contributed by atoms with Gasteiger partial charge in [0.25, 0.3) is 11.8 Å². The summed E-state index contributed by atoms with van der Waals surface area (Å²) in [5, 5.41) is 3.28. The van der Waals surface area contributed by atoms with Gasteiger partial charge in [-0.05, 0) is 78.6 Å². The highest BCUT2D eigenvalue weighted by molar-refractivity contribution is 6.39. The van der Waals surface area contributed by atoms with Crippen LogP contribution < -0.4 is 15.0 Å². The van der Waals surface area contributed by atoms with Crippen LogP contribution in [0, 0.1) is 0 Å². The van der Waals surface area contributed by atoms with Crippen LogP contribution in [0.3, 0.4) is 0 Å². The van der Waals surface area contributed by atoms with E-state index in [4.69, 9.17) is 27.9 Å². The van der Waals surface area contributed by atoms with Crippen molar-refractivity contribution in [3.05, 3.63) is 99.0 Å². The lowest BCUT2D eigenvalue weighted by molar-refractivity contribution is -0.122. The molecule has 1 heterocycles. The van der Waals surface area contributed by atoms with Crippen LogP contribution in [-0.2, 0) is 16.0 Å². The minimum atomic E-state index is -0.821. The molecule has 3 aromatic rings. The van der Waals surface area contributed by atoms with Crippen molar-refractivity contribution in [3.8, 4) is 5.75 Å². The molecule has 0 unspecified atom stereocenters. The molecular formula is C26H20Cl2N2O4. The van der Waals surface area contributed by atoms with Gasteiger partial charge in [0.2, 0.25) is 0 Å². The summed E-state index contributed by atoms with van der Waals surface area (Å²) in [4.78, 5) is 39.3. The molecule has 0 bridgehead atoms. The maximum atomic E-state index is 13.3. The van der Waals surface area contributed by atoms with E-state index in [9.17, 15) is 14.4 Å². The Morgan fingerprint density at radius 2 is 1.68 bits per heavy atom. The smallest absolute Gasteiger partial charge is 0.335 e. The molecular weight excluding hydrogens is 475 g/mol. The number of nitrogens with one attached hydrogen (secondary N) is 1. The topological polar surface area (TPSA) is 75.7 Å². The van der Waals surface area contributed by atoms with Crippen molar-refractivity contribution in [2.45, 2.75) is 13.3 Å². The summed E-state index contributed by atoms with van der Waals surface area (Å²) in [5.74, 6) is -0.909. The molecule has 0 aromatic heterocycles. The van der Waals surface area contributed by atoms with Crippen LogP contribution in [0.5, 0.6) is 5.75 Å². The molecule has 1 aliphatic heterocycles. The number of amides is 4. The average Bonchev–Trinajstić information content (AvgIpc) is 2.81. The number of anilines is 1. The Labute approximate surface area is 206 Å². The molecule has 0 spiro atoms. The van der Waals surface area contributed by atoms with Crippen LogP contribution in [-0.4, -0.2) is 24.5 Å². The maximum Gasteiger partial charge on any atom is 0.335 e. The fourth-order valence-corrected chi connectivity index (χ4v) is 4.00. The molecule has 1 N–H and O–H groups in total. The van der Waals surface area contributed by atoms with E-state index in [1.54, 1.807) is 42.5 Å². The maximum absolute atomic E-state index is 13.3. The molecule has 6 nitrogen and oxygen atoms in total. The zero-order chi connectivity index (χ0) is 24.2. The van der Waals surface area contributed by atoms with E-state index < -0.39 is 17.8 Å². The van der Waals surface area contributed by atoms with Gasteiger partial charge in [0.15, 0.2) is 0 Å². The Morgan fingerprint density at radius 1 is 0.941 bits per heavy atom. The Hall–Kier alpha value is -3.61. The van der Waals surface area contributed by atoms with E-state index in [1.165, 1.54) is 6.08 Å². The van der Waals surface area contributed by atoms with Gasteiger partial charge in [-0.2, -0.15) is 0 Å². The molecule has 3 aromatic carbocycles. The molecule has 34 heavy (non-hydrogen) atoms. The fraction of sp³-hybridized carbons (Fsp3) is 0.115. The number of halogens is 2. The lowest BCUT2D eigenvalue weighted by atomic mass is 9.97. The van der Waals surface area contributed by atoms with Gasteiger partial charge in [0.05, 0.1) is 12.3 Å². The van der Waals surface area contributed by atoms with Gasteiger partial charge >= 0.3 is 6.03 Å². The Bertz CT molecular complexity index is 1300. The van der Waals surface area contributed by atoms with Crippen molar-refractivity contribution in [2.24, 2.45) is 0 Å². The summed E-state index contributed by atoms with van der Waals surface area (Å²) in [6, 6.07) is 18.3.